The number of ketones is 1. The van der Waals surface area contributed by atoms with Gasteiger partial charge in [0.15, 0.2) is 5.78 Å². The average Bonchev–Trinajstić information content (AvgIpc) is 2.15. The molecule has 0 atom stereocenters. The Balaban J connectivity index is 2.74. The van der Waals surface area contributed by atoms with E-state index in [1.807, 2.05) is 24.3 Å². The van der Waals surface area contributed by atoms with Crippen molar-refractivity contribution in [2.24, 2.45) is 0 Å². The molecule has 0 saturated heterocycles. The number of carbonyl (C=O) groups is 1. The van der Waals surface area contributed by atoms with E-state index in [1.54, 1.807) is 6.08 Å². The van der Waals surface area contributed by atoms with E-state index in [2.05, 4.69) is 15.9 Å². The molecule has 3 heteroatoms. The van der Waals surface area contributed by atoms with Crippen molar-refractivity contribution in [3.8, 4) is 0 Å². The molecule has 0 heterocycles. The molecular weight excluding hydrogens is 256 g/mol. The van der Waals surface area contributed by atoms with Gasteiger partial charge in [-0.3, -0.25) is 4.79 Å². The van der Waals surface area contributed by atoms with Gasteiger partial charge in [-0.2, -0.15) is 0 Å². The van der Waals surface area contributed by atoms with Gasteiger partial charge < -0.3 is 5.11 Å². The van der Waals surface area contributed by atoms with Crippen molar-refractivity contribution in [3.05, 3.63) is 40.4 Å². The zero-order valence-corrected chi connectivity index (χ0v) is 10.3. The Kier molecular flexibility index (Phi) is 3.83. The van der Waals surface area contributed by atoms with E-state index < -0.39 is 5.60 Å². The molecule has 0 aliphatic heterocycles. The quantitative estimate of drug-likeness (QED) is 0.857. The lowest BCUT2D eigenvalue weighted by Crippen LogP contribution is -2.29. The molecule has 0 aliphatic rings. The molecule has 80 valence electrons. The summed E-state index contributed by atoms with van der Waals surface area (Å²) in [6.07, 6.45) is 3.08. The minimum absolute atomic E-state index is 0.301. The van der Waals surface area contributed by atoms with E-state index in [0.717, 1.165) is 10.0 Å². The second-order valence-electron chi connectivity index (χ2n) is 3.81. The Morgan fingerprint density at radius 1 is 1.33 bits per heavy atom. The number of hydrogen-bond donors (Lipinski definition) is 1. The molecule has 0 fully saturated rings. The SMILES string of the molecule is CC(C)(O)C(=O)C=Cc1ccc(Br)cc1. The molecule has 1 N–H and O–H groups in total. The predicted molar refractivity (Wildman–Crippen MR) is 64.5 cm³/mol. The van der Waals surface area contributed by atoms with Gasteiger partial charge in [-0.1, -0.05) is 34.1 Å². The summed E-state index contributed by atoms with van der Waals surface area (Å²) in [6, 6.07) is 7.57. The van der Waals surface area contributed by atoms with Gasteiger partial charge in [-0.25, -0.2) is 0 Å². The van der Waals surface area contributed by atoms with Gasteiger partial charge >= 0.3 is 0 Å². The molecule has 2 nitrogen and oxygen atoms in total. The first-order valence-electron chi connectivity index (χ1n) is 4.60. The van der Waals surface area contributed by atoms with Crippen LogP contribution < -0.4 is 0 Å². The van der Waals surface area contributed by atoms with E-state index in [9.17, 15) is 9.90 Å². The highest BCUT2D eigenvalue weighted by molar-refractivity contribution is 9.10. The first-order chi connectivity index (χ1) is 6.89. The van der Waals surface area contributed by atoms with Gasteiger partial charge in [-0.15, -0.1) is 0 Å². The van der Waals surface area contributed by atoms with Crippen LogP contribution in [0.3, 0.4) is 0 Å². The standard InChI is InChI=1S/C12H13BrO2/c1-12(2,15)11(14)8-5-9-3-6-10(13)7-4-9/h3-8,15H,1-2H3. The van der Waals surface area contributed by atoms with Crippen LogP contribution >= 0.6 is 15.9 Å². The van der Waals surface area contributed by atoms with Gasteiger partial charge in [-0.05, 0) is 37.6 Å². The van der Waals surface area contributed by atoms with Crippen molar-refractivity contribution in [2.45, 2.75) is 19.4 Å². The van der Waals surface area contributed by atoms with Crippen LogP contribution in [0.15, 0.2) is 34.8 Å². The highest BCUT2D eigenvalue weighted by Crippen LogP contribution is 2.12. The lowest BCUT2D eigenvalue weighted by molar-refractivity contribution is -0.128. The van der Waals surface area contributed by atoms with E-state index in [1.165, 1.54) is 19.9 Å². The third kappa shape index (κ3) is 3.98. The van der Waals surface area contributed by atoms with Crippen LogP contribution in [0, 0.1) is 0 Å². The van der Waals surface area contributed by atoms with Crippen LogP contribution in [0.25, 0.3) is 6.08 Å². The first kappa shape index (κ1) is 12.1. The van der Waals surface area contributed by atoms with Crippen molar-refractivity contribution in [1.29, 1.82) is 0 Å². The minimum Gasteiger partial charge on any atom is -0.382 e. The minimum atomic E-state index is -1.30. The first-order valence-corrected chi connectivity index (χ1v) is 5.39. The lowest BCUT2D eigenvalue weighted by Gasteiger charge is -2.11. The Morgan fingerprint density at radius 3 is 2.33 bits per heavy atom. The monoisotopic (exact) mass is 268 g/mol. The molecule has 1 rings (SSSR count). The van der Waals surface area contributed by atoms with Crippen molar-refractivity contribution in [1.82, 2.24) is 0 Å². The highest BCUT2D eigenvalue weighted by Gasteiger charge is 2.20. The van der Waals surface area contributed by atoms with Crippen LogP contribution in [0.2, 0.25) is 0 Å². The van der Waals surface area contributed by atoms with Crippen molar-refractivity contribution in [2.75, 3.05) is 0 Å². The van der Waals surface area contributed by atoms with Crippen LogP contribution in [0.4, 0.5) is 0 Å². The van der Waals surface area contributed by atoms with Gasteiger partial charge in [0.2, 0.25) is 0 Å². The average molecular weight is 269 g/mol. The van der Waals surface area contributed by atoms with Crippen molar-refractivity contribution < 1.29 is 9.90 Å². The Hall–Kier alpha value is -0.930. The molecule has 0 unspecified atom stereocenters. The number of rotatable bonds is 3. The Labute approximate surface area is 97.8 Å². The molecule has 0 bridgehead atoms. The third-order valence-electron chi connectivity index (χ3n) is 1.90. The Morgan fingerprint density at radius 2 is 1.87 bits per heavy atom. The lowest BCUT2D eigenvalue weighted by atomic mass is 10.0. The van der Waals surface area contributed by atoms with E-state index in [4.69, 9.17) is 0 Å². The molecule has 1 aromatic carbocycles. The number of benzene rings is 1. The largest absolute Gasteiger partial charge is 0.382 e. The Bertz CT molecular complexity index is 372. The summed E-state index contributed by atoms with van der Waals surface area (Å²) in [6.45, 7) is 2.95. The molecule has 0 saturated carbocycles. The van der Waals surface area contributed by atoms with Crippen LogP contribution in [-0.4, -0.2) is 16.5 Å². The van der Waals surface area contributed by atoms with Crippen molar-refractivity contribution >= 4 is 27.8 Å². The van der Waals surface area contributed by atoms with Gasteiger partial charge in [0.25, 0.3) is 0 Å². The molecule has 0 spiro atoms. The fraction of sp³-hybridized carbons (Fsp3) is 0.250. The third-order valence-corrected chi connectivity index (χ3v) is 2.43. The normalized spacial score (nSPS) is 12.0. The fourth-order valence-electron chi connectivity index (χ4n) is 0.950. The predicted octanol–water partition coefficient (Wildman–Crippen LogP) is 2.80. The molecule has 0 amide bonds. The molecular formula is C12H13BrO2. The van der Waals surface area contributed by atoms with Gasteiger partial charge in [0, 0.05) is 4.47 Å². The molecule has 0 aromatic heterocycles. The second-order valence-corrected chi connectivity index (χ2v) is 4.72. The summed E-state index contributed by atoms with van der Waals surface area (Å²) < 4.78 is 0.994. The van der Waals surface area contributed by atoms with E-state index in [-0.39, 0.29) is 5.78 Å². The zero-order valence-electron chi connectivity index (χ0n) is 8.70. The number of halogens is 1. The maximum Gasteiger partial charge on any atom is 0.186 e. The smallest absolute Gasteiger partial charge is 0.186 e. The maximum absolute atomic E-state index is 11.4. The second kappa shape index (κ2) is 4.73. The number of aliphatic hydroxyl groups is 1. The van der Waals surface area contributed by atoms with Crippen LogP contribution in [-0.2, 0) is 4.79 Å². The van der Waals surface area contributed by atoms with Crippen molar-refractivity contribution in [3.63, 3.8) is 0 Å². The molecule has 15 heavy (non-hydrogen) atoms. The van der Waals surface area contributed by atoms with E-state index in [0.29, 0.717) is 0 Å². The summed E-state index contributed by atoms with van der Waals surface area (Å²) >= 11 is 3.33. The summed E-state index contributed by atoms with van der Waals surface area (Å²) in [4.78, 5) is 11.4. The van der Waals surface area contributed by atoms with E-state index >= 15 is 0 Å². The summed E-state index contributed by atoms with van der Waals surface area (Å²) in [7, 11) is 0. The molecule has 0 radical (unpaired) electrons. The van der Waals surface area contributed by atoms with Gasteiger partial charge in [0.05, 0.1) is 0 Å². The summed E-state index contributed by atoms with van der Waals surface area (Å²) in [5, 5.41) is 9.40. The number of hydrogen-bond acceptors (Lipinski definition) is 2. The van der Waals surface area contributed by atoms with Crippen LogP contribution in [0.5, 0.6) is 0 Å². The maximum atomic E-state index is 11.4. The topological polar surface area (TPSA) is 37.3 Å². The molecule has 1 aromatic rings. The number of carbonyl (C=O) groups excluding carboxylic acids is 1. The highest BCUT2D eigenvalue weighted by atomic mass is 79.9. The molecule has 0 aliphatic carbocycles. The van der Waals surface area contributed by atoms with Gasteiger partial charge in [0.1, 0.15) is 5.60 Å². The summed E-state index contributed by atoms with van der Waals surface area (Å²) in [5.74, 6) is -0.301. The van der Waals surface area contributed by atoms with Crippen LogP contribution in [0.1, 0.15) is 19.4 Å². The zero-order chi connectivity index (χ0) is 11.5. The fourth-order valence-corrected chi connectivity index (χ4v) is 1.21. The summed E-state index contributed by atoms with van der Waals surface area (Å²) in [5.41, 5.74) is -0.373.